The minimum atomic E-state index is 0.614. The Morgan fingerprint density at radius 2 is 2.10 bits per heavy atom. The molecule has 0 spiro atoms. The normalized spacial score (nSPS) is 10.5. The molecule has 20 heavy (non-hydrogen) atoms. The smallest absolute Gasteiger partial charge is 0.119 e. The van der Waals surface area contributed by atoms with Crippen molar-refractivity contribution in [2.24, 2.45) is 7.05 Å². The lowest BCUT2D eigenvalue weighted by Crippen LogP contribution is -2.23. The first-order chi connectivity index (χ1) is 9.67. The maximum atomic E-state index is 8.71. The Balaban J connectivity index is 1.73. The van der Waals surface area contributed by atoms with Crippen molar-refractivity contribution >= 4 is 0 Å². The quantitative estimate of drug-likeness (QED) is 0.803. The van der Waals surface area contributed by atoms with E-state index in [0.29, 0.717) is 12.2 Å². The monoisotopic (exact) mass is 270 g/mol. The zero-order chi connectivity index (χ0) is 14.4. The van der Waals surface area contributed by atoms with Gasteiger partial charge in [-0.15, -0.1) is 0 Å². The van der Waals surface area contributed by atoms with Crippen molar-refractivity contribution in [3.63, 3.8) is 0 Å². The molecule has 104 valence electrons. The van der Waals surface area contributed by atoms with Crippen LogP contribution >= 0.6 is 0 Å². The van der Waals surface area contributed by atoms with Gasteiger partial charge in [0.15, 0.2) is 0 Å². The van der Waals surface area contributed by atoms with Crippen LogP contribution in [0.1, 0.15) is 11.1 Å². The number of nitriles is 1. The molecule has 0 saturated carbocycles. The van der Waals surface area contributed by atoms with E-state index in [-0.39, 0.29) is 0 Å². The molecule has 0 radical (unpaired) electrons. The first kappa shape index (κ1) is 14.1. The largest absolute Gasteiger partial charge is 0.492 e. The molecule has 0 bridgehead atoms. The van der Waals surface area contributed by atoms with Crippen LogP contribution < -0.4 is 4.74 Å². The molecule has 0 fully saturated rings. The fourth-order valence-corrected chi connectivity index (χ4v) is 1.89. The number of hydrogen-bond donors (Lipinski definition) is 0. The number of rotatable bonds is 6. The highest BCUT2D eigenvalue weighted by Gasteiger charge is 2.03. The molecule has 1 aromatic carbocycles. The second kappa shape index (κ2) is 6.73. The number of benzene rings is 1. The van der Waals surface area contributed by atoms with Crippen molar-refractivity contribution in [3.05, 3.63) is 47.8 Å². The highest BCUT2D eigenvalue weighted by Crippen LogP contribution is 2.11. The zero-order valence-electron chi connectivity index (χ0n) is 11.8. The van der Waals surface area contributed by atoms with Crippen molar-refractivity contribution in [2.75, 3.05) is 20.2 Å². The van der Waals surface area contributed by atoms with Crippen LogP contribution in [0.5, 0.6) is 5.75 Å². The first-order valence-electron chi connectivity index (χ1n) is 6.46. The fraction of sp³-hybridized carbons (Fsp3) is 0.333. The van der Waals surface area contributed by atoms with Crippen molar-refractivity contribution in [2.45, 2.75) is 6.54 Å². The van der Waals surface area contributed by atoms with Gasteiger partial charge in [0.25, 0.3) is 0 Å². The van der Waals surface area contributed by atoms with Crippen molar-refractivity contribution < 1.29 is 4.74 Å². The van der Waals surface area contributed by atoms with E-state index in [0.717, 1.165) is 18.8 Å². The van der Waals surface area contributed by atoms with Crippen LogP contribution in [0.25, 0.3) is 0 Å². The van der Waals surface area contributed by atoms with E-state index in [9.17, 15) is 0 Å². The van der Waals surface area contributed by atoms with Gasteiger partial charge in [0.2, 0.25) is 0 Å². The van der Waals surface area contributed by atoms with Crippen molar-refractivity contribution in [3.8, 4) is 11.8 Å². The Labute approximate surface area is 119 Å². The lowest BCUT2D eigenvalue weighted by Gasteiger charge is -2.16. The van der Waals surface area contributed by atoms with Crippen molar-refractivity contribution in [1.29, 1.82) is 5.26 Å². The molecule has 2 aromatic rings. The second-order valence-electron chi connectivity index (χ2n) is 4.74. The minimum absolute atomic E-state index is 0.614. The number of hydrogen-bond acceptors (Lipinski definition) is 4. The SMILES string of the molecule is CN(CCOc1ccc(C#N)cc1)Cc1cnn(C)c1. The number of aryl methyl sites for hydroxylation is 1. The van der Waals surface area contributed by atoms with Crippen LogP contribution in [-0.2, 0) is 13.6 Å². The van der Waals surface area contributed by atoms with E-state index in [1.807, 2.05) is 31.6 Å². The first-order valence-corrected chi connectivity index (χ1v) is 6.46. The van der Waals surface area contributed by atoms with E-state index in [1.165, 1.54) is 5.56 Å². The summed E-state index contributed by atoms with van der Waals surface area (Å²) in [5.41, 5.74) is 1.83. The maximum Gasteiger partial charge on any atom is 0.119 e. The van der Waals surface area contributed by atoms with Gasteiger partial charge in [0.1, 0.15) is 12.4 Å². The van der Waals surface area contributed by atoms with Crippen LogP contribution in [-0.4, -0.2) is 34.9 Å². The van der Waals surface area contributed by atoms with Crippen LogP contribution in [0.2, 0.25) is 0 Å². The van der Waals surface area contributed by atoms with Crippen molar-refractivity contribution in [1.82, 2.24) is 14.7 Å². The number of ether oxygens (including phenoxy) is 1. The maximum absolute atomic E-state index is 8.71. The molecular weight excluding hydrogens is 252 g/mol. The molecule has 2 rings (SSSR count). The van der Waals surface area contributed by atoms with Gasteiger partial charge >= 0.3 is 0 Å². The summed E-state index contributed by atoms with van der Waals surface area (Å²) in [6, 6.07) is 9.24. The molecule has 5 heteroatoms. The lowest BCUT2D eigenvalue weighted by molar-refractivity contribution is 0.233. The van der Waals surface area contributed by atoms with Crippen LogP contribution in [0.3, 0.4) is 0 Å². The number of aromatic nitrogens is 2. The van der Waals surface area contributed by atoms with E-state index >= 15 is 0 Å². The van der Waals surface area contributed by atoms with Gasteiger partial charge in [0.05, 0.1) is 17.8 Å². The minimum Gasteiger partial charge on any atom is -0.492 e. The van der Waals surface area contributed by atoms with Crippen LogP contribution in [0.15, 0.2) is 36.7 Å². The number of nitrogens with zero attached hydrogens (tertiary/aromatic N) is 4. The summed E-state index contributed by atoms with van der Waals surface area (Å²) >= 11 is 0. The highest BCUT2D eigenvalue weighted by atomic mass is 16.5. The standard InChI is InChI=1S/C15H18N4O/c1-18(11-14-10-17-19(2)12-14)7-8-20-15-5-3-13(9-16)4-6-15/h3-6,10,12H,7-8,11H2,1-2H3. The fourth-order valence-electron chi connectivity index (χ4n) is 1.89. The summed E-state index contributed by atoms with van der Waals surface area (Å²) in [6.45, 7) is 2.29. The van der Waals surface area contributed by atoms with Gasteiger partial charge in [-0.05, 0) is 31.3 Å². The van der Waals surface area contributed by atoms with Gasteiger partial charge in [-0.1, -0.05) is 0 Å². The van der Waals surface area contributed by atoms with E-state index in [1.54, 1.807) is 16.8 Å². The molecule has 1 aromatic heterocycles. The molecule has 0 amide bonds. The molecule has 0 unspecified atom stereocenters. The third-order valence-electron chi connectivity index (χ3n) is 2.94. The summed E-state index contributed by atoms with van der Waals surface area (Å²) in [4.78, 5) is 2.18. The molecule has 0 aliphatic rings. The topological polar surface area (TPSA) is 54.1 Å². The van der Waals surface area contributed by atoms with Gasteiger partial charge < -0.3 is 4.74 Å². The lowest BCUT2D eigenvalue weighted by atomic mass is 10.2. The Hall–Kier alpha value is -2.32. The molecule has 5 nitrogen and oxygen atoms in total. The van der Waals surface area contributed by atoms with Crippen LogP contribution in [0.4, 0.5) is 0 Å². The predicted octanol–water partition coefficient (Wildman–Crippen LogP) is 1.80. The van der Waals surface area contributed by atoms with Gasteiger partial charge in [0, 0.05) is 31.9 Å². The molecule has 0 N–H and O–H groups in total. The third-order valence-corrected chi connectivity index (χ3v) is 2.94. The molecule has 0 saturated heterocycles. The molecule has 1 heterocycles. The number of likely N-dealkylation sites (N-methyl/N-ethyl adjacent to an activating group) is 1. The van der Waals surface area contributed by atoms with E-state index in [4.69, 9.17) is 10.00 Å². The summed E-state index contributed by atoms with van der Waals surface area (Å²) < 4.78 is 7.45. The third kappa shape index (κ3) is 4.11. The molecular formula is C15H18N4O. The molecule has 0 aliphatic carbocycles. The average Bonchev–Trinajstić information content (AvgIpc) is 2.85. The summed E-state index contributed by atoms with van der Waals surface area (Å²) in [7, 11) is 3.96. The average molecular weight is 270 g/mol. The zero-order valence-corrected chi connectivity index (χ0v) is 11.8. The molecule has 0 aliphatic heterocycles. The van der Waals surface area contributed by atoms with Gasteiger partial charge in [-0.25, -0.2) is 0 Å². The Morgan fingerprint density at radius 1 is 1.35 bits per heavy atom. The van der Waals surface area contributed by atoms with Gasteiger partial charge in [-0.3, -0.25) is 9.58 Å². The Morgan fingerprint density at radius 3 is 2.70 bits per heavy atom. The Bertz CT molecular complexity index is 583. The van der Waals surface area contributed by atoms with E-state index in [2.05, 4.69) is 23.1 Å². The van der Waals surface area contributed by atoms with Gasteiger partial charge in [-0.2, -0.15) is 10.4 Å². The summed E-state index contributed by atoms with van der Waals surface area (Å²) in [6.07, 6.45) is 3.88. The summed E-state index contributed by atoms with van der Waals surface area (Å²) in [5.74, 6) is 0.791. The summed E-state index contributed by atoms with van der Waals surface area (Å²) in [5, 5.41) is 12.9. The molecule has 0 atom stereocenters. The van der Waals surface area contributed by atoms with Crippen LogP contribution in [0, 0.1) is 11.3 Å². The Kier molecular flexibility index (Phi) is 4.75. The predicted molar refractivity (Wildman–Crippen MR) is 76.2 cm³/mol. The highest BCUT2D eigenvalue weighted by molar-refractivity contribution is 5.34. The van der Waals surface area contributed by atoms with E-state index < -0.39 is 0 Å². The second-order valence-corrected chi connectivity index (χ2v) is 4.74.